The zero-order chi connectivity index (χ0) is 47.4. The summed E-state index contributed by atoms with van der Waals surface area (Å²) in [5.41, 5.74) is 0. The van der Waals surface area contributed by atoms with E-state index < -0.39 is 36.9 Å². The summed E-state index contributed by atoms with van der Waals surface area (Å²) in [6.07, 6.45) is 67.5. The fourth-order valence-electron chi connectivity index (χ4n) is 8.75. The average Bonchev–Trinajstić information content (AvgIpc) is 3.31. The van der Waals surface area contributed by atoms with E-state index in [1.165, 1.54) is 205 Å². The molecule has 4 unspecified atom stereocenters. The maximum atomic E-state index is 12.6. The fourth-order valence-corrected chi connectivity index (χ4v) is 8.75. The predicted molar refractivity (Wildman–Crippen MR) is 283 cm³/mol. The topological polar surface area (TPSA) is 110 Å². The molecule has 6 heteroatoms. The number of allylic oxidation sites excluding steroid dienone is 8. The van der Waals surface area contributed by atoms with Gasteiger partial charge in [0.2, 0.25) is 5.91 Å². The van der Waals surface area contributed by atoms with Crippen molar-refractivity contribution in [2.75, 3.05) is 6.61 Å². The molecule has 6 nitrogen and oxygen atoms in total. The van der Waals surface area contributed by atoms with E-state index in [2.05, 4.69) is 67.8 Å². The van der Waals surface area contributed by atoms with E-state index in [1.54, 1.807) is 0 Å². The molecule has 0 aliphatic heterocycles. The summed E-state index contributed by atoms with van der Waals surface area (Å²) in [4.78, 5) is 12.6. The number of amides is 1. The van der Waals surface area contributed by atoms with E-state index in [0.717, 1.165) is 51.4 Å². The molecule has 0 rings (SSSR count). The average molecular weight is 915 g/mol. The Balaban J connectivity index is 3.71. The number of nitrogens with one attached hydrogen (secondary N) is 1. The third-order valence-corrected chi connectivity index (χ3v) is 13.2. The van der Waals surface area contributed by atoms with Crippen molar-refractivity contribution in [3.63, 3.8) is 0 Å². The third kappa shape index (κ3) is 47.1. The van der Waals surface area contributed by atoms with Crippen molar-refractivity contribution in [3.8, 4) is 0 Å². The van der Waals surface area contributed by atoms with Crippen LogP contribution in [0.15, 0.2) is 48.6 Å². The lowest BCUT2D eigenvalue weighted by Crippen LogP contribution is -2.53. The molecule has 1 amide bonds. The fraction of sp³-hybridized carbons (Fsp3) is 0.847. The maximum absolute atomic E-state index is 12.6. The van der Waals surface area contributed by atoms with Gasteiger partial charge in [0.25, 0.3) is 0 Å². The molecule has 0 aromatic rings. The van der Waals surface area contributed by atoms with E-state index in [9.17, 15) is 25.2 Å². The van der Waals surface area contributed by atoms with Gasteiger partial charge in [0, 0.05) is 0 Å². The molecule has 0 radical (unpaired) electrons. The summed E-state index contributed by atoms with van der Waals surface area (Å²) < 4.78 is 0. The smallest absolute Gasteiger partial charge is 0.249 e. The zero-order valence-electron chi connectivity index (χ0n) is 43.2. The van der Waals surface area contributed by atoms with Crippen molar-refractivity contribution in [1.82, 2.24) is 5.32 Å². The third-order valence-electron chi connectivity index (χ3n) is 13.2. The second kappa shape index (κ2) is 53.2. The lowest BCUT2D eigenvalue weighted by atomic mass is 10.00. The monoisotopic (exact) mass is 914 g/mol. The second-order valence-corrected chi connectivity index (χ2v) is 19.6. The normalized spacial score (nSPS) is 14.1. The Hall–Kier alpha value is -1.73. The van der Waals surface area contributed by atoms with Crippen LogP contribution in [0.2, 0.25) is 0 Å². The molecule has 0 aromatic carbocycles. The molecule has 0 bridgehead atoms. The minimum atomic E-state index is -1.29. The van der Waals surface area contributed by atoms with E-state index >= 15 is 0 Å². The largest absolute Gasteiger partial charge is 0.394 e. The van der Waals surface area contributed by atoms with Crippen LogP contribution in [-0.4, -0.2) is 57.3 Å². The van der Waals surface area contributed by atoms with Crippen LogP contribution in [0.25, 0.3) is 0 Å². The van der Waals surface area contributed by atoms with Crippen molar-refractivity contribution in [2.24, 2.45) is 0 Å². The molecule has 0 fully saturated rings. The van der Waals surface area contributed by atoms with Gasteiger partial charge < -0.3 is 25.7 Å². The highest BCUT2D eigenvalue weighted by Gasteiger charge is 2.28. The minimum Gasteiger partial charge on any atom is -0.394 e. The van der Waals surface area contributed by atoms with Crippen LogP contribution in [0.3, 0.4) is 0 Å². The Bertz CT molecular complexity index is 1070. The van der Waals surface area contributed by atoms with Crippen LogP contribution in [0.5, 0.6) is 0 Å². The summed E-state index contributed by atoms with van der Waals surface area (Å²) in [6, 6.07) is -1.01. The number of hydrogen-bond acceptors (Lipinski definition) is 5. The predicted octanol–water partition coefficient (Wildman–Crippen LogP) is 16.6. The van der Waals surface area contributed by atoms with Crippen molar-refractivity contribution in [3.05, 3.63) is 48.6 Å². The second-order valence-electron chi connectivity index (χ2n) is 19.6. The molecule has 65 heavy (non-hydrogen) atoms. The number of rotatable bonds is 52. The number of unbranched alkanes of at least 4 members (excludes halogenated alkanes) is 35. The summed E-state index contributed by atoms with van der Waals surface area (Å²) >= 11 is 0. The number of aliphatic hydroxyl groups is 4. The van der Waals surface area contributed by atoms with E-state index in [4.69, 9.17) is 0 Å². The minimum absolute atomic E-state index is 0.352. The summed E-state index contributed by atoms with van der Waals surface area (Å²) in [5.74, 6) is -0.600. The van der Waals surface area contributed by atoms with Crippen LogP contribution in [0, 0.1) is 0 Å². The number of aliphatic hydroxyl groups excluding tert-OH is 4. The first kappa shape index (κ1) is 63.3. The van der Waals surface area contributed by atoms with Gasteiger partial charge in [-0.3, -0.25) is 4.79 Å². The standard InChI is InChI=1S/C59H111NO5/c1-3-5-7-9-11-13-15-17-19-21-23-25-27-29-31-32-34-36-38-40-42-44-46-48-50-52-56(62)58(64)55(54-61)60-59(65)57(63)53-51-49-47-45-43-41-39-37-35-33-30-28-26-24-22-20-18-16-14-12-10-8-6-4-2/h24,26,30,33,36,38,44,46,55-58,61-64H,3-23,25,27-29,31-32,34-35,37,39-43,45,47-54H2,1-2H3,(H,60,65)/b26-24-,33-30-,38-36+,46-44+. The molecule has 0 saturated heterocycles. The van der Waals surface area contributed by atoms with E-state index in [0.29, 0.717) is 19.3 Å². The Morgan fingerprint density at radius 1 is 0.385 bits per heavy atom. The molecule has 0 saturated carbocycles. The Morgan fingerprint density at radius 3 is 1.06 bits per heavy atom. The first-order valence-corrected chi connectivity index (χ1v) is 28.5. The number of carbonyl (C=O) groups excluding carboxylic acids is 1. The van der Waals surface area contributed by atoms with Crippen LogP contribution < -0.4 is 5.32 Å². The lowest BCUT2D eigenvalue weighted by Gasteiger charge is -2.27. The zero-order valence-corrected chi connectivity index (χ0v) is 43.2. The molecule has 0 heterocycles. The van der Waals surface area contributed by atoms with Gasteiger partial charge in [-0.15, -0.1) is 0 Å². The van der Waals surface area contributed by atoms with Gasteiger partial charge in [-0.25, -0.2) is 0 Å². The molecule has 0 aliphatic rings. The van der Waals surface area contributed by atoms with Gasteiger partial charge in [0.15, 0.2) is 0 Å². The Morgan fingerprint density at radius 2 is 0.692 bits per heavy atom. The van der Waals surface area contributed by atoms with Crippen molar-refractivity contribution < 1.29 is 25.2 Å². The van der Waals surface area contributed by atoms with Crippen LogP contribution in [-0.2, 0) is 4.79 Å². The first-order valence-electron chi connectivity index (χ1n) is 28.5. The summed E-state index contributed by atoms with van der Waals surface area (Å²) in [5, 5.41) is 44.0. The number of hydrogen-bond donors (Lipinski definition) is 5. The van der Waals surface area contributed by atoms with Gasteiger partial charge in [-0.2, -0.15) is 0 Å². The van der Waals surface area contributed by atoms with Gasteiger partial charge in [-0.1, -0.05) is 255 Å². The molecule has 382 valence electrons. The van der Waals surface area contributed by atoms with Crippen molar-refractivity contribution >= 4 is 5.91 Å². The van der Waals surface area contributed by atoms with Crippen LogP contribution in [0.1, 0.15) is 290 Å². The van der Waals surface area contributed by atoms with Crippen LogP contribution >= 0.6 is 0 Å². The molecule has 0 spiro atoms. The highest BCUT2D eigenvalue weighted by Crippen LogP contribution is 2.17. The molecule has 5 N–H and O–H groups in total. The molecular formula is C59H111NO5. The lowest BCUT2D eigenvalue weighted by molar-refractivity contribution is -0.132. The SMILES string of the molecule is CCCCCCCCCCC/C=C\C/C=C\CCCCCCCCCCC(O)C(=O)NC(CO)C(O)C(O)CCC/C=C/CC/C=C/CCCCCCCCCCCCCCCCCC. The molecule has 0 aliphatic carbocycles. The summed E-state index contributed by atoms with van der Waals surface area (Å²) in [7, 11) is 0. The van der Waals surface area contributed by atoms with Gasteiger partial charge >= 0.3 is 0 Å². The number of carbonyl (C=O) groups is 1. The van der Waals surface area contributed by atoms with Crippen molar-refractivity contribution in [2.45, 2.75) is 314 Å². The molecular weight excluding hydrogens is 803 g/mol. The van der Waals surface area contributed by atoms with Crippen LogP contribution in [0.4, 0.5) is 0 Å². The van der Waals surface area contributed by atoms with Crippen molar-refractivity contribution in [1.29, 1.82) is 0 Å². The van der Waals surface area contributed by atoms with E-state index in [1.807, 2.05) is 0 Å². The highest BCUT2D eigenvalue weighted by molar-refractivity contribution is 5.80. The van der Waals surface area contributed by atoms with Gasteiger partial charge in [0.05, 0.1) is 18.8 Å². The molecule has 4 atom stereocenters. The maximum Gasteiger partial charge on any atom is 0.249 e. The Labute approximate surface area is 404 Å². The van der Waals surface area contributed by atoms with Gasteiger partial charge in [-0.05, 0) is 83.5 Å². The quantitative estimate of drug-likeness (QED) is 0.0308. The molecule has 0 aromatic heterocycles. The first-order chi connectivity index (χ1) is 32.0. The Kier molecular flexibility index (Phi) is 51.8. The van der Waals surface area contributed by atoms with E-state index in [-0.39, 0.29) is 0 Å². The summed E-state index contributed by atoms with van der Waals surface area (Å²) in [6.45, 7) is 4.06. The highest BCUT2D eigenvalue weighted by atomic mass is 16.3. The van der Waals surface area contributed by atoms with Gasteiger partial charge in [0.1, 0.15) is 12.2 Å².